The molecule has 1 unspecified atom stereocenters. The Hall–Kier alpha value is -0.410. The minimum Gasteiger partial charge on any atom is -0.313 e. The zero-order chi connectivity index (χ0) is 12.9. The molecule has 0 radical (unpaired) electrons. The maximum Gasteiger partial charge on any atom is 0.153 e. The van der Waals surface area contributed by atoms with Crippen LogP contribution >= 0.6 is 0 Å². The second-order valence-corrected chi connectivity index (χ2v) is 6.07. The van der Waals surface area contributed by atoms with Gasteiger partial charge in [-0.15, -0.1) is 0 Å². The van der Waals surface area contributed by atoms with Crippen LogP contribution < -0.4 is 10.6 Å². The van der Waals surface area contributed by atoms with E-state index in [4.69, 9.17) is 0 Å². The summed E-state index contributed by atoms with van der Waals surface area (Å²) in [5, 5.41) is 6.70. The molecule has 0 saturated heterocycles. The van der Waals surface area contributed by atoms with Crippen LogP contribution in [0.2, 0.25) is 0 Å². The predicted molar refractivity (Wildman–Crippen MR) is 69.7 cm³/mol. The average Bonchev–Trinajstić information content (AvgIpc) is 2.08. The number of hydrogen-bond acceptors (Lipinski definition) is 3. The lowest BCUT2D eigenvalue weighted by Gasteiger charge is -2.29. The first kappa shape index (κ1) is 15.6. The number of rotatable bonds is 6. The van der Waals surface area contributed by atoms with Gasteiger partial charge in [0.1, 0.15) is 0 Å². The Morgan fingerprint density at radius 3 is 1.94 bits per heavy atom. The fourth-order valence-electron chi connectivity index (χ4n) is 1.50. The Morgan fingerprint density at radius 2 is 1.62 bits per heavy atom. The lowest BCUT2D eigenvalue weighted by molar-refractivity contribution is -0.124. The van der Waals surface area contributed by atoms with E-state index in [1.165, 1.54) is 0 Å². The van der Waals surface area contributed by atoms with Gasteiger partial charge < -0.3 is 10.6 Å². The minimum atomic E-state index is -0.0950. The topological polar surface area (TPSA) is 41.1 Å². The summed E-state index contributed by atoms with van der Waals surface area (Å²) in [4.78, 5) is 12.0. The van der Waals surface area contributed by atoms with Gasteiger partial charge in [0.25, 0.3) is 0 Å². The normalized spacial score (nSPS) is 14.6. The molecular formula is C13H28N2O. The zero-order valence-corrected chi connectivity index (χ0v) is 11.8. The summed E-state index contributed by atoms with van der Waals surface area (Å²) in [7, 11) is 0. The first-order valence-electron chi connectivity index (χ1n) is 6.18. The SMILES string of the molecule is CC(C)NCC(NC(C)(C)C)C(=O)C(C)C. The van der Waals surface area contributed by atoms with E-state index >= 15 is 0 Å². The van der Waals surface area contributed by atoms with Crippen molar-refractivity contribution < 1.29 is 4.79 Å². The summed E-state index contributed by atoms with van der Waals surface area (Å²) in [5.41, 5.74) is -0.0339. The highest BCUT2D eigenvalue weighted by atomic mass is 16.1. The van der Waals surface area contributed by atoms with Crippen LogP contribution in [-0.4, -0.2) is 30.0 Å². The molecule has 0 bridgehead atoms. The highest BCUT2D eigenvalue weighted by Gasteiger charge is 2.25. The molecule has 0 aromatic heterocycles. The summed E-state index contributed by atoms with van der Waals surface area (Å²) in [6, 6.07) is 0.312. The van der Waals surface area contributed by atoms with E-state index in [0.717, 1.165) is 0 Å². The molecule has 0 saturated carbocycles. The van der Waals surface area contributed by atoms with E-state index in [1.54, 1.807) is 0 Å². The number of carbonyl (C=O) groups excluding carboxylic acids is 1. The molecule has 2 N–H and O–H groups in total. The molecule has 0 aromatic carbocycles. The zero-order valence-electron chi connectivity index (χ0n) is 11.8. The number of ketones is 1. The van der Waals surface area contributed by atoms with E-state index in [9.17, 15) is 4.79 Å². The van der Waals surface area contributed by atoms with E-state index in [1.807, 2.05) is 13.8 Å². The van der Waals surface area contributed by atoms with Gasteiger partial charge in [0.05, 0.1) is 6.04 Å². The van der Waals surface area contributed by atoms with Crippen molar-refractivity contribution in [2.24, 2.45) is 5.92 Å². The molecule has 0 spiro atoms. The number of Topliss-reactive ketones (excluding diaryl/α,β-unsaturated/α-hetero) is 1. The van der Waals surface area contributed by atoms with Gasteiger partial charge in [-0.05, 0) is 20.8 Å². The molecule has 0 aliphatic heterocycles. The fourth-order valence-corrected chi connectivity index (χ4v) is 1.50. The first-order valence-corrected chi connectivity index (χ1v) is 6.18. The molecule has 0 amide bonds. The van der Waals surface area contributed by atoms with Crippen LogP contribution in [0.3, 0.4) is 0 Å². The van der Waals surface area contributed by atoms with Crippen LogP contribution in [0, 0.1) is 5.92 Å². The van der Waals surface area contributed by atoms with Gasteiger partial charge >= 0.3 is 0 Å². The summed E-state index contributed by atoms with van der Waals surface area (Å²) in [5.74, 6) is 0.358. The highest BCUT2D eigenvalue weighted by molar-refractivity contribution is 5.86. The number of hydrogen-bond donors (Lipinski definition) is 2. The lowest BCUT2D eigenvalue weighted by Crippen LogP contribution is -2.54. The molecule has 3 heteroatoms. The molecule has 0 aromatic rings. The first-order chi connectivity index (χ1) is 7.13. The van der Waals surface area contributed by atoms with Crippen molar-refractivity contribution >= 4 is 5.78 Å². The summed E-state index contributed by atoms with van der Waals surface area (Å²) in [6.45, 7) is 15.0. The quantitative estimate of drug-likeness (QED) is 0.730. The highest BCUT2D eigenvalue weighted by Crippen LogP contribution is 2.06. The number of carbonyl (C=O) groups is 1. The van der Waals surface area contributed by atoms with E-state index in [2.05, 4.69) is 45.3 Å². The molecule has 96 valence electrons. The van der Waals surface area contributed by atoms with Crippen LogP contribution in [0.25, 0.3) is 0 Å². The van der Waals surface area contributed by atoms with Gasteiger partial charge in [-0.3, -0.25) is 4.79 Å². The standard InChI is InChI=1S/C13H28N2O/c1-9(2)12(16)11(8-14-10(3)4)15-13(5,6)7/h9-11,14-15H,8H2,1-7H3. The third-order valence-corrected chi connectivity index (χ3v) is 2.25. The Bertz CT molecular complexity index is 216. The van der Waals surface area contributed by atoms with E-state index in [0.29, 0.717) is 12.6 Å². The third-order valence-electron chi connectivity index (χ3n) is 2.25. The molecule has 0 fully saturated rings. The summed E-state index contributed by atoms with van der Waals surface area (Å²) < 4.78 is 0. The van der Waals surface area contributed by atoms with E-state index < -0.39 is 0 Å². The maximum absolute atomic E-state index is 12.0. The second-order valence-electron chi connectivity index (χ2n) is 6.07. The van der Waals surface area contributed by atoms with Crippen molar-refractivity contribution in [3.05, 3.63) is 0 Å². The largest absolute Gasteiger partial charge is 0.313 e. The van der Waals surface area contributed by atoms with Crippen LogP contribution in [0.15, 0.2) is 0 Å². The van der Waals surface area contributed by atoms with Gasteiger partial charge in [0, 0.05) is 24.0 Å². The molecule has 0 aliphatic carbocycles. The Morgan fingerprint density at radius 1 is 1.12 bits per heavy atom. The molecule has 1 atom stereocenters. The van der Waals surface area contributed by atoms with Crippen molar-refractivity contribution in [2.75, 3.05) is 6.54 Å². The van der Waals surface area contributed by atoms with Gasteiger partial charge in [-0.2, -0.15) is 0 Å². The Balaban J connectivity index is 4.45. The Labute approximate surface area is 100 Å². The molecule has 0 aliphatic rings. The van der Waals surface area contributed by atoms with Gasteiger partial charge in [-0.1, -0.05) is 27.7 Å². The van der Waals surface area contributed by atoms with Crippen molar-refractivity contribution in [1.29, 1.82) is 0 Å². The van der Waals surface area contributed by atoms with Crippen LogP contribution in [0.4, 0.5) is 0 Å². The molecule has 3 nitrogen and oxygen atoms in total. The second kappa shape index (κ2) is 6.36. The van der Waals surface area contributed by atoms with Gasteiger partial charge in [0.2, 0.25) is 0 Å². The van der Waals surface area contributed by atoms with Crippen LogP contribution in [-0.2, 0) is 4.79 Å². The minimum absolute atomic E-state index is 0.0339. The molecular weight excluding hydrogens is 200 g/mol. The third kappa shape index (κ3) is 6.96. The van der Waals surface area contributed by atoms with Gasteiger partial charge in [0.15, 0.2) is 5.78 Å². The lowest BCUT2D eigenvalue weighted by atomic mass is 9.98. The Kier molecular flexibility index (Phi) is 6.19. The van der Waals surface area contributed by atoms with Crippen molar-refractivity contribution in [3.8, 4) is 0 Å². The van der Waals surface area contributed by atoms with Gasteiger partial charge in [-0.25, -0.2) is 0 Å². The summed E-state index contributed by atoms with van der Waals surface area (Å²) in [6.07, 6.45) is 0. The molecule has 16 heavy (non-hydrogen) atoms. The van der Waals surface area contributed by atoms with E-state index in [-0.39, 0.29) is 23.3 Å². The predicted octanol–water partition coefficient (Wildman–Crippen LogP) is 1.97. The van der Waals surface area contributed by atoms with Crippen LogP contribution in [0.5, 0.6) is 0 Å². The molecule has 0 heterocycles. The maximum atomic E-state index is 12.0. The van der Waals surface area contributed by atoms with Crippen molar-refractivity contribution in [3.63, 3.8) is 0 Å². The smallest absolute Gasteiger partial charge is 0.153 e. The van der Waals surface area contributed by atoms with Crippen molar-refractivity contribution in [2.45, 2.75) is 66.1 Å². The average molecular weight is 228 g/mol. The molecule has 0 rings (SSSR count). The fraction of sp³-hybridized carbons (Fsp3) is 0.923. The summed E-state index contributed by atoms with van der Waals surface area (Å²) >= 11 is 0. The van der Waals surface area contributed by atoms with Crippen molar-refractivity contribution in [1.82, 2.24) is 10.6 Å². The monoisotopic (exact) mass is 228 g/mol. The number of nitrogens with one attached hydrogen (secondary N) is 2. The van der Waals surface area contributed by atoms with Crippen LogP contribution in [0.1, 0.15) is 48.5 Å².